The fourth-order valence-electron chi connectivity index (χ4n) is 2.65. The van der Waals surface area contributed by atoms with E-state index in [0.29, 0.717) is 37.9 Å². The van der Waals surface area contributed by atoms with Crippen LogP contribution in [0.2, 0.25) is 0 Å². The van der Waals surface area contributed by atoms with Crippen molar-refractivity contribution < 1.29 is 22.6 Å². The molecule has 1 aromatic carbocycles. The van der Waals surface area contributed by atoms with E-state index in [2.05, 4.69) is 0 Å². The van der Waals surface area contributed by atoms with Gasteiger partial charge in [0.1, 0.15) is 0 Å². The molecule has 7 heteroatoms. The number of ether oxygens (including phenoxy) is 3. The highest BCUT2D eigenvalue weighted by atomic mass is 32.2. The lowest BCUT2D eigenvalue weighted by Gasteiger charge is -2.35. The fraction of sp³-hybridized carbons (Fsp3) is 0.600. The first-order valence-electron chi connectivity index (χ1n) is 7.51. The second-order valence-corrected chi connectivity index (χ2v) is 7.62. The summed E-state index contributed by atoms with van der Waals surface area (Å²) >= 11 is 0. The lowest BCUT2D eigenvalue weighted by molar-refractivity contribution is -0.0170. The summed E-state index contributed by atoms with van der Waals surface area (Å²) in [5.41, 5.74) is 0. The van der Waals surface area contributed by atoms with Crippen LogP contribution in [-0.2, 0) is 14.8 Å². The van der Waals surface area contributed by atoms with Crippen LogP contribution in [0.25, 0.3) is 0 Å². The molecule has 2 aliphatic rings. The van der Waals surface area contributed by atoms with Gasteiger partial charge in [-0.3, -0.25) is 0 Å². The highest BCUT2D eigenvalue weighted by molar-refractivity contribution is 7.89. The third-order valence-electron chi connectivity index (χ3n) is 3.88. The normalized spacial score (nSPS) is 26.5. The van der Waals surface area contributed by atoms with Crippen LogP contribution in [0.4, 0.5) is 0 Å². The van der Waals surface area contributed by atoms with Gasteiger partial charge in [0.2, 0.25) is 10.0 Å². The minimum Gasteiger partial charge on any atom is -0.490 e. The molecule has 2 atom stereocenters. The van der Waals surface area contributed by atoms with Crippen molar-refractivity contribution in [3.05, 3.63) is 18.2 Å². The Labute approximate surface area is 131 Å². The average Bonchev–Trinajstić information content (AvgIpc) is 2.74. The third-order valence-corrected chi connectivity index (χ3v) is 5.85. The van der Waals surface area contributed by atoms with Crippen molar-refractivity contribution in [2.24, 2.45) is 0 Å². The van der Waals surface area contributed by atoms with E-state index >= 15 is 0 Å². The Morgan fingerprint density at radius 2 is 1.86 bits per heavy atom. The first-order valence-corrected chi connectivity index (χ1v) is 8.95. The molecular formula is C15H21NO5S. The molecule has 2 unspecified atom stereocenters. The Morgan fingerprint density at radius 1 is 1.14 bits per heavy atom. The molecule has 0 radical (unpaired) electrons. The average molecular weight is 327 g/mol. The predicted molar refractivity (Wildman–Crippen MR) is 80.8 cm³/mol. The number of benzene rings is 1. The molecule has 1 aromatic rings. The standard InChI is InChI=1S/C15H21NO5S/c1-11-10-21-12(2)9-16(11)22(17,18)13-4-5-14-15(8-13)20-7-3-6-19-14/h4-5,8,11-12H,3,6-7,9-10H2,1-2H3. The third kappa shape index (κ3) is 2.93. The maximum absolute atomic E-state index is 12.9. The smallest absolute Gasteiger partial charge is 0.243 e. The van der Waals surface area contributed by atoms with Crippen LogP contribution < -0.4 is 9.47 Å². The molecule has 0 aliphatic carbocycles. The van der Waals surface area contributed by atoms with E-state index in [1.54, 1.807) is 18.2 Å². The van der Waals surface area contributed by atoms with Crippen LogP contribution in [0.15, 0.2) is 23.1 Å². The number of sulfonamides is 1. The van der Waals surface area contributed by atoms with Gasteiger partial charge < -0.3 is 14.2 Å². The van der Waals surface area contributed by atoms with Crippen molar-refractivity contribution in [2.45, 2.75) is 37.3 Å². The highest BCUT2D eigenvalue weighted by Crippen LogP contribution is 2.33. The highest BCUT2D eigenvalue weighted by Gasteiger charge is 2.34. The van der Waals surface area contributed by atoms with Gasteiger partial charge in [0.05, 0.1) is 30.8 Å². The Kier molecular flexibility index (Phi) is 4.29. The van der Waals surface area contributed by atoms with Gasteiger partial charge in [0.15, 0.2) is 11.5 Å². The van der Waals surface area contributed by atoms with Crippen LogP contribution in [0.3, 0.4) is 0 Å². The summed E-state index contributed by atoms with van der Waals surface area (Å²) in [6, 6.07) is 4.62. The van der Waals surface area contributed by atoms with Crippen molar-refractivity contribution in [1.29, 1.82) is 0 Å². The Balaban J connectivity index is 1.93. The Bertz CT molecular complexity index is 645. The van der Waals surface area contributed by atoms with Crippen molar-refractivity contribution in [3.63, 3.8) is 0 Å². The molecule has 0 aromatic heterocycles. The molecule has 22 heavy (non-hydrogen) atoms. The Morgan fingerprint density at radius 3 is 2.64 bits per heavy atom. The summed E-state index contributed by atoms with van der Waals surface area (Å²) in [4.78, 5) is 0.234. The zero-order valence-electron chi connectivity index (χ0n) is 12.8. The van der Waals surface area contributed by atoms with E-state index in [1.165, 1.54) is 4.31 Å². The zero-order valence-corrected chi connectivity index (χ0v) is 13.6. The van der Waals surface area contributed by atoms with Gasteiger partial charge in [-0.15, -0.1) is 0 Å². The predicted octanol–water partition coefficient (Wildman–Crippen LogP) is 1.65. The van der Waals surface area contributed by atoms with Gasteiger partial charge in [-0.05, 0) is 26.0 Å². The fourth-order valence-corrected chi connectivity index (χ4v) is 4.35. The number of hydrogen-bond acceptors (Lipinski definition) is 5. The number of hydrogen-bond donors (Lipinski definition) is 0. The minimum atomic E-state index is -3.57. The first-order chi connectivity index (χ1) is 10.5. The SMILES string of the molecule is CC1CN(S(=O)(=O)c2ccc3c(c2)OCCCO3)C(C)CO1. The second kappa shape index (κ2) is 6.06. The monoisotopic (exact) mass is 327 g/mol. The van der Waals surface area contributed by atoms with Crippen LogP contribution in [0.5, 0.6) is 11.5 Å². The maximum atomic E-state index is 12.9. The zero-order chi connectivity index (χ0) is 15.7. The van der Waals surface area contributed by atoms with Gasteiger partial charge in [0, 0.05) is 25.1 Å². The van der Waals surface area contributed by atoms with E-state index in [4.69, 9.17) is 14.2 Å². The molecule has 3 rings (SSSR count). The maximum Gasteiger partial charge on any atom is 0.243 e. The summed E-state index contributed by atoms with van der Waals surface area (Å²) in [7, 11) is -3.57. The van der Waals surface area contributed by atoms with Crippen molar-refractivity contribution in [1.82, 2.24) is 4.31 Å². The first kappa shape index (κ1) is 15.6. The summed E-state index contributed by atoms with van der Waals surface area (Å²) < 4.78 is 43.9. The van der Waals surface area contributed by atoms with Crippen LogP contribution in [-0.4, -0.2) is 51.2 Å². The van der Waals surface area contributed by atoms with E-state index in [-0.39, 0.29) is 17.0 Å². The van der Waals surface area contributed by atoms with Gasteiger partial charge in [0.25, 0.3) is 0 Å². The number of nitrogens with zero attached hydrogens (tertiary/aromatic N) is 1. The molecule has 0 saturated carbocycles. The van der Waals surface area contributed by atoms with Crippen molar-refractivity contribution in [3.8, 4) is 11.5 Å². The molecular weight excluding hydrogens is 306 g/mol. The summed E-state index contributed by atoms with van der Waals surface area (Å²) in [6.07, 6.45) is 0.681. The Hall–Kier alpha value is -1.31. The van der Waals surface area contributed by atoms with Crippen molar-refractivity contribution >= 4 is 10.0 Å². The summed E-state index contributed by atoms with van der Waals surface area (Å²) in [5, 5.41) is 0. The lowest BCUT2D eigenvalue weighted by atomic mass is 10.2. The molecule has 0 N–H and O–H groups in total. The molecule has 2 heterocycles. The molecule has 2 aliphatic heterocycles. The molecule has 1 fully saturated rings. The van der Waals surface area contributed by atoms with E-state index < -0.39 is 10.0 Å². The van der Waals surface area contributed by atoms with Gasteiger partial charge in [-0.1, -0.05) is 0 Å². The van der Waals surface area contributed by atoms with Crippen molar-refractivity contribution in [2.75, 3.05) is 26.4 Å². The molecule has 0 spiro atoms. The minimum absolute atomic E-state index is 0.105. The van der Waals surface area contributed by atoms with Gasteiger partial charge >= 0.3 is 0 Å². The van der Waals surface area contributed by atoms with Crippen LogP contribution >= 0.6 is 0 Å². The van der Waals surface area contributed by atoms with E-state index in [0.717, 1.165) is 6.42 Å². The molecule has 122 valence electrons. The summed E-state index contributed by atoms with van der Waals surface area (Å²) in [5.74, 6) is 1.09. The summed E-state index contributed by atoms with van der Waals surface area (Å²) in [6.45, 7) is 5.61. The van der Waals surface area contributed by atoms with Crippen LogP contribution in [0, 0.1) is 0 Å². The quantitative estimate of drug-likeness (QED) is 0.826. The molecule has 0 amide bonds. The largest absolute Gasteiger partial charge is 0.490 e. The second-order valence-electron chi connectivity index (χ2n) is 5.73. The number of morpholine rings is 1. The lowest BCUT2D eigenvalue weighted by Crippen LogP contribution is -2.50. The molecule has 0 bridgehead atoms. The topological polar surface area (TPSA) is 65.1 Å². The molecule has 6 nitrogen and oxygen atoms in total. The van der Waals surface area contributed by atoms with E-state index in [9.17, 15) is 8.42 Å². The van der Waals surface area contributed by atoms with Crippen LogP contribution in [0.1, 0.15) is 20.3 Å². The number of fused-ring (bicyclic) bond motifs is 1. The number of rotatable bonds is 2. The van der Waals surface area contributed by atoms with E-state index in [1.807, 2.05) is 13.8 Å². The molecule has 1 saturated heterocycles. The van der Waals surface area contributed by atoms with Gasteiger partial charge in [-0.25, -0.2) is 8.42 Å². The van der Waals surface area contributed by atoms with Gasteiger partial charge in [-0.2, -0.15) is 4.31 Å².